The summed E-state index contributed by atoms with van der Waals surface area (Å²) in [5.74, 6) is 0.728. The fraction of sp³-hybridized carbons (Fsp3) is 0.458. The molecule has 0 N–H and O–H groups in total. The molecule has 1 atom stereocenters. The molecule has 166 valence electrons. The van der Waals surface area contributed by atoms with E-state index in [0.717, 1.165) is 50.2 Å². The van der Waals surface area contributed by atoms with E-state index in [4.69, 9.17) is 37.4 Å². The summed E-state index contributed by atoms with van der Waals surface area (Å²) in [5.41, 5.74) is 3.26. The number of likely N-dealkylation sites (tertiary alicyclic amines) is 1. The number of methoxy groups -OCH3 is 1. The van der Waals surface area contributed by atoms with Crippen molar-refractivity contribution in [1.82, 2.24) is 4.90 Å². The molecule has 2 heterocycles. The molecule has 0 aliphatic carbocycles. The summed E-state index contributed by atoms with van der Waals surface area (Å²) in [6.07, 6.45) is 2.57. The Morgan fingerprint density at radius 2 is 1.90 bits per heavy atom. The molecule has 7 heteroatoms. The van der Waals surface area contributed by atoms with E-state index < -0.39 is 0 Å². The topological polar surface area (TPSA) is 48.0 Å². The van der Waals surface area contributed by atoms with Crippen molar-refractivity contribution < 1.29 is 19.0 Å². The Morgan fingerprint density at radius 1 is 1.16 bits per heavy atom. The second-order valence-electron chi connectivity index (χ2n) is 8.06. The molecular formula is C24H27Cl2NO4. The van der Waals surface area contributed by atoms with Gasteiger partial charge < -0.3 is 19.1 Å². The van der Waals surface area contributed by atoms with Gasteiger partial charge in [0.2, 0.25) is 0 Å². The number of nitrogens with zero attached hydrogens (tertiary/aromatic N) is 1. The number of halogens is 2. The first-order valence-electron chi connectivity index (χ1n) is 10.7. The second-order valence-corrected chi connectivity index (χ2v) is 8.87. The summed E-state index contributed by atoms with van der Waals surface area (Å²) in [5, 5.41) is 1.21. The molecular weight excluding hydrogens is 437 g/mol. The lowest BCUT2D eigenvalue weighted by Crippen LogP contribution is -2.40. The standard InChI is InChI=1S/C24H27Cl2NO4/c1-29-24(28)16-7-10-27(11-8-16)14-23-19-6-5-18(13-17(19)9-12-30-23)31-15-20-21(25)3-2-4-22(20)26/h2-6,13,16,23H,7-12,14-15H2,1H3. The van der Waals surface area contributed by atoms with Gasteiger partial charge in [0, 0.05) is 22.2 Å². The van der Waals surface area contributed by atoms with Gasteiger partial charge in [0.1, 0.15) is 12.4 Å². The second kappa shape index (κ2) is 10.2. The minimum atomic E-state index is -0.0930. The number of fused-ring (bicyclic) bond motifs is 1. The zero-order valence-electron chi connectivity index (χ0n) is 17.6. The molecule has 1 saturated heterocycles. The van der Waals surface area contributed by atoms with Gasteiger partial charge in [0.15, 0.2) is 0 Å². The monoisotopic (exact) mass is 463 g/mol. The Balaban J connectivity index is 1.38. The summed E-state index contributed by atoms with van der Waals surface area (Å²) in [7, 11) is 1.46. The summed E-state index contributed by atoms with van der Waals surface area (Å²) in [6.45, 7) is 3.61. The lowest BCUT2D eigenvalue weighted by atomic mass is 9.94. The van der Waals surface area contributed by atoms with Gasteiger partial charge in [0.25, 0.3) is 0 Å². The third kappa shape index (κ3) is 5.35. The van der Waals surface area contributed by atoms with Gasteiger partial charge in [-0.05, 0) is 67.7 Å². The summed E-state index contributed by atoms with van der Waals surface area (Å²) < 4.78 is 17.0. The van der Waals surface area contributed by atoms with Crippen molar-refractivity contribution in [3.05, 3.63) is 63.1 Å². The Hall–Kier alpha value is -1.79. The van der Waals surface area contributed by atoms with E-state index in [0.29, 0.717) is 23.3 Å². The van der Waals surface area contributed by atoms with Crippen LogP contribution in [-0.4, -0.2) is 44.2 Å². The first-order chi connectivity index (χ1) is 15.0. The zero-order chi connectivity index (χ0) is 21.8. The lowest BCUT2D eigenvalue weighted by Gasteiger charge is -2.35. The third-order valence-corrected chi connectivity index (χ3v) is 6.85. The van der Waals surface area contributed by atoms with Crippen LogP contribution in [0.3, 0.4) is 0 Å². The molecule has 0 spiro atoms. The molecule has 2 aromatic carbocycles. The number of carbonyl (C=O) groups excluding carboxylic acids is 1. The van der Waals surface area contributed by atoms with E-state index in [1.54, 1.807) is 0 Å². The van der Waals surface area contributed by atoms with Crippen LogP contribution in [0, 0.1) is 5.92 Å². The van der Waals surface area contributed by atoms with Crippen LogP contribution >= 0.6 is 23.2 Å². The van der Waals surface area contributed by atoms with Crippen LogP contribution in [0.25, 0.3) is 0 Å². The first kappa shape index (κ1) is 22.4. The number of carbonyl (C=O) groups is 1. The summed E-state index contributed by atoms with van der Waals surface area (Å²) in [4.78, 5) is 14.1. The maximum Gasteiger partial charge on any atom is 0.308 e. The van der Waals surface area contributed by atoms with Crippen LogP contribution in [0.2, 0.25) is 10.0 Å². The SMILES string of the molecule is COC(=O)C1CCN(CC2OCCc3cc(OCc4c(Cl)cccc4Cl)ccc32)CC1. The quantitative estimate of drug-likeness (QED) is 0.559. The van der Waals surface area contributed by atoms with E-state index in [1.807, 2.05) is 24.3 Å². The van der Waals surface area contributed by atoms with Crippen molar-refractivity contribution in [2.24, 2.45) is 5.92 Å². The van der Waals surface area contributed by atoms with Gasteiger partial charge in [0.05, 0.1) is 25.7 Å². The van der Waals surface area contributed by atoms with Gasteiger partial charge >= 0.3 is 5.97 Å². The van der Waals surface area contributed by atoms with Crippen LogP contribution in [0.15, 0.2) is 36.4 Å². The maximum atomic E-state index is 11.7. The minimum absolute atomic E-state index is 0.0205. The first-order valence-corrected chi connectivity index (χ1v) is 11.4. The Bertz CT molecular complexity index is 908. The molecule has 2 aromatic rings. The third-order valence-electron chi connectivity index (χ3n) is 6.14. The largest absolute Gasteiger partial charge is 0.489 e. The van der Waals surface area contributed by atoms with Crippen molar-refractivity contribution in [1.29, 1.82) is 0 Å². The summed E-state index contributed by atoms with van der Waals surface area (Å²) >= 11 is 12.5. The molecule has 4 rings (SSSR count). The van der Waals surface area contributed by atoms with Crippen LogP contribution in [0.5, 0.6) is 5.75 Å². The fourth-order valence-corrected chi connectivity index (χ4v) is 4.84. The molecule has 1 unspecified atom stereocenters. The normalized spacial score (nSPS) is 19.6. The fourth-order valence-electron chi connectivity index (χ4n) is 4.33. The van der Waals surface area contributed by atoms with Crippen LogP contribution in [0.4, 0.5) is 0 Å². The average molecular weight is 464 g/mol. The van der Waals surface area contributed by atoms with Gasteiger partial charge in [-0.3, -0.25) is 4.79 Å². The molecule has 0 bridgehead atoms. The van der Waals surface area contributed by atoms with Gasteiger partial charge in [-0.1, -0.05) is 35.3 Å². The maximum absolute atomic E-state index is 11.7. The van der Waals surface area contributed by atoms with Gasteiger partial charge in [-0.25, -0.2) is 0 Å². The van der Waals surface area contributed by atoms with Gasteiger partial charge in [-0.15, -0.1) is 0 Å². The summed E-state index contributed by atoms with van der Waals surface area (Å²) in [6, 6.07) is 11.6. The molecule has 2 aliphatic heterocycles. The number of piperidine rings is 1. The number of hydrogen-bond donors (Lipinski definition) is 0. The molecule has 5 nitrogen and oxygen atoms in total. The molecule has 0 aromatic heterocycles. The molecule has 0 saturated carbocycles. The number of rotatable bonds is 6. The van der Waals surface area contributed by atoms with Crippen molar-refractivity contribution in [2.75, 3.05) is 33.4 Å². The minimum Gasteiger partial charge on any atom is -0.489 e. The smallest absolute Gasteiger partial charge is 0.308 e. The number of benzene rings is 2. The van der Waals surface area contributed by atoms with Gasteiger partial charge in [-0.2, -0.15) is 0 Å². The van der Waals surface area contributed by atoms with Crippen molar-refractivity contribution in [3.63, 3.8) is 0 Å². The molecule has 2 aliphatic rings. The van der Waals surface area contributed by atoms with Crippen LogP contribution in [-0.2, 0) is 27.3 Å². The Kier molecular flexibility index (Phi) is 7.39. The predicted molar refractivity (Wildman–Crippen MR) is 121 cm³/mol. The van der Waals surface area contributed by atoms with E-state index in [2.05, 4.69) is 17.0 Å². The van der Waals surface area contributed by atoms with Crippen LogP contribution in [0.1, 0.15) is 35.6 Å². The Labute approximate surface area is 193 Å². The molecule has 0 radical (unpaired) electrons. The van der Waals surface area contributed by atoms with Crippen molar-refractivity contribution >= 4 is 29.2 Å². The molecule has 31 heavy (non-hydrogen) atoms. The highest BCUT2D eigenvalue weighted by atomic mass is 35.5. The van der Waals surface area contributed by atoms with E-state index in [1.165, 1.54) is 18.2 Å². The average Bonchev–Trinajstić information content (AvgIpc) is 2.79. The van der Waals surface area contributed by atoms with Crippen molar-refractivity contribution in [3.8, 4) is 5.75 Å². The number of ether oxygens (including phenoxy) is 3. The molecule has 0 amide bonds. The lowest BCUT2D eigenvalue weighted by molar-refractivity contribution is -0.147. The van der Waals surface area contributed by atoms with Crippen molar-refractivity contribution in [2.45, 2.75) is 32.0 Å². The van der Waals surface area contributed by atoms with Crippen LogP contribution < -0.4 is 4.74 Å². The zero-order valence-corrected chi connectivity index (χ0v) is 19.1. The highest BCUT2D eigenvalue weighted by Crippen LogP contribution is 2.33. The highest BCUT2D eigenvalue weighted by molar-refractivity contribution is 6.35. The van der Waals surface area contributed by atoms with E-state index >= 15 is 0 Å². The Morgan fingerprint density at radius 3 is 2.61 bits per heavy atom. The number of hydrogen-bond acceptors (Lipinski definition) is 5. The van der Waals surface area contributed by atoms with E-state index in [9.17, 15) is 4.79 Å². The predicted octanol–water partition coefficient (Wildman–Crippen LogP) is 5.07. The van der Waals surface area contributed by atoms with E-state index in [-0.39, 0.29) is 18.0 Å². The highest BCUT2D eigenvalue weighted by Gasteiger charge is 2.29. The number of esters is 1. The molecule has 1 fully saturated rings.